The third kappa shape index (κ3) is 5.07. The molecule has 3 fully saturated rings. The Morgan fingerprint density at radius 1 is 1.37 bits per heavy atom. The number of β-amino-alcohol motifs (C(OH)–C–C–N with tert-alkyl or cyclic N) is 1. The van der Waals surface area contributed by atoms with Crippen LogP contribution in [0.5, 0.6) is 0 Å². The summed E-state index contributed by atoms with van der Waals surface area (Å²) in [6.45, 7) is 5.06. The van der Waals surface area contributed by atoms with Gasteiger partial charge in [-0.1, -0.05) is 6.92 Å². The molecule has 5 heterocycles. The summed E-state index contributed by atoms with van der Waals surface area (Å²) >= 11 is 1.69. The van der Waals surface area contributed by atoms with Crippen molar-refractivity contribution in [2.24, 2.45) is 28.3 Å². The Labute approximate surface area is 223 Å². The second-order valence-electron chi connectivity index (χ2n) is 10.3. The number of aromatic nitrogens is 4. The number of aliphatic hydroxyl groups excluding tert-OH is 1. The average Bonchev–Trinajstić information content (AvgIpc) is 3.64. The van der Waals surface area contributed by atoms with E-state index in [1.54, 1.807) is 21.6 Å². The fourth-order valence-corrected chi connectivity index (χ4v) is 7.16. The van der Waals surface area contributed by atoms with E-state index < -0.39 is 12.1 Å². The zero-order valence-corrected chi connectivity index (χ0v) is 22.0. The molecule has 3 amide bonds. The minimum Gasteiger partial charge on any atom is -0.389 e. The van der Waals surface area contributed by atoms with Gasteiger partial charge in [-0.3, -0.25) is 14.4 Å². The molecule has 0 spiro atoms. The molecule has 206 valence electrons. The van der Waals surface area contributed by atoms with Gasteiger partial charge in [0.2, 0.25) is 17.7 Å². The molecular weight excluding hydrogens is 514 g/mol. The number of aliphatic hydroxyl groups is 1. The summed E-state index contributed by atoms with van der Waals surface area (Å²) in [7, 11) is 0. The van der Waals surface area contributed by atoms with E-state index in [-0.39, 0.29) is 78.5 Å². The van der Waals surface area contributed by atoms with E-state index in [9.17, 15) is 19.5 Å². The molecule has 4 aliphatic heterocycles. The molecule has 8 atom stereocenters. The number of nitrogens with zero attached hydrogens (tertiary/aromatic N) is 7. The molecule has 1 aromatic heterocycles. The van der Waals surface area contributed by atoms with Gasteiger partial charge in [0.05, 0.1) is 30.1 Å². The van der Waals surface area contributed by atoms with Gasteiger partial charge in [-0.25, -0.2) is 9.67 Å². The Kier molecular flexibility index (Phi) is 7.28. The monoisotopic (exact) mass is 547 g/mol. The van der Waals surface area contributed by atoms with E-state index in [0.717, 1.165) is 4.91 Å². The summed E-state index contributed by atoms with van der Waals surface area (Å²) in [5.41, 5.74) is 10.9. The number of carbonyl (C=O) groups is 3. The van der Waals surface area contributed by atoms with Crippen LogP contribution in [0.4, 0.5) is 0 Å². The van der Waals surface area contributed by atoms with Gasteiger partial charge in [0.15, 0.2) is 5.96 Å². The molecule has 4 aliphatic rings. The van der Waals surface area contributed by atoms with Gasteiger partial charge in [0, 0.05) is 47.9 Å². The average molecular weight is 548 g/mol. The summed E-state index contributed by atoms with van der Waals surface area (Å²) in [5.74, 6) is -0.637. The fraction of sp³-hybridized carbons (Fsp3) is 0.682. The Hall–Kier alpha value is -3.24. The summed E-state index contributed by atoms with van der Waals surface area (Å²) in [4.78, 5) is 46.8. The first-order valence-electron chi connectivity index (χ1n) is 12.6. The van der Waals surface area contributed by atoms with Crippen molar-refractivity contribution in [3.63, 3.8) is 0 Å². The van der Waals surface area contributed by atoms with Crippen LogP contribution >= 0.6 is 11.8 Å². The molecule has 38 heavy (non-hydrogen) atoms. The van der Waals surface area contributed by atoms with Crippen molar-refractivity contribution in [1.29, 1.82) is 0 Å². The van der Waals surface area contributed by atoms with E-state index in [1.165, 1.54) is 11.0 Å². The molecule has 0 aliphatic carbocycles. The molecule has 5 rings (SSSR count). The number of tetrazole rings is 1. The largest absolute Gasteiger partial charge is 0.389 e. The Balaban J connectivity index is 1.12. The summed E-state index contributed by atoms with van der Waals surface area (Å²) in [6, 6.07) is -1.21. The number of nitrogens with two attached hydrogens (primary N) is 2. The molecule has 15 nitrogen and oxygen atoms in total. The summed E-state index contributed by atoms with van der Waals surface area (Å²) in [5, 5.41) is 27.3. The van der Waals surface area contributed by atoms with Crippen LogP contribution in [0, 0.1) is 11.8 Å². The number of amides is 3. The highest BCUT2D eigenvalue weighted by molar-refractivity contribution is 8.03. The number of hydrogen-bond acceptors (Lipinski definition) is 10. The van der Waals surface area contributed by atoms with Crippen molar-refractivity contribution in [3.8, 4) is 0 Å². The van der Waals surface area contributed by atoms with E-state index in [1.807, 2.05) is 13.1 Å². The lowest BCUT2D eigenvalue weighted by Crippen LogP contribution is -2.64. The lowest BCUT2D eigenvalue weighted by molar-refractivity contribution is -0.153. The number of thioether (sulfide) groups is 1. The van der Waals surface area contributed by atoms with Gasteiger partial charge >= 0.3 is 0 Å². The lowest BCUT2D eigenvalue weighted by Gasteiger charge is -2.46. The molecule has 0 saturated carbocycles. The number of nitrogens with one attached hydrogen (secondary N) is 2. The predicted molar refractivity (Wildman–Crippen MR) is 137 cm³/mol. The first kappa shape index (κ1) is 26.4. The molecule has 0 radical (unpaired) electrons. The normalized spacial score (nSPS) is 33.0. The number of aliphatic imine (C=N–C) groups is 1. The summed E-state index contributed by atoms with van der Waals surface area (Å²) in [6.07, 6.45) is 3.12. The fourth-order valence-electron chi connectivity index (χ4n) is 5.78. The number of hydrogen-bond donors (Lipinski definition) is 5. The molecule has 3 saturated heterocycles. The Morgan fingerprint density at radius 2 is 2.16 bits per heavy atom. The predicted octanol–water partition coefficient (Wildman–Crippen LogP) is -3.20. The number of carbonyl (C=O) groups excluding carboxylic acids is 3. The second kappa shape index (κ2) is 10.5. The topological polar surface area (TPSA) is 210 Å². The van der Waals surface area contributed by atoms with Gasteiger partial charge < -0.3 is 37.0 Å². The van der Waals surface area contributed by atoms with Crippen LogP contribution in [0.25, 0.3) is 0 Å². The molecule has 0 bridgehead atoms. The number of fused-ring (bicyclic) bond motifs is 1. The Morgan fingerprint density at radius 3 is 2.87 bits per heavy atom. The highest BCUT2D eigenvalue weighted by atomic mass is 32.2. The van der Waals surface area contributed by atoms with Crippen LogP contribution in [0.1, 0.15) is 20.3 Å². The minimum atomic E-state index is -0.793. The van der Waals surface area contributed by atoms with Crippen LogP contribution in [0.15, 0.2) is 22.4 Å². The number of guanidine groups is 1. The standard InChI is InChI=1S/C22H33N11O4S/c1-10-16(7-33-19(10)18(21(33)37)11(2)27-17(35)8-32-9-26-29-30-32)38-12-3-13(25-4-12)20(36)31-5-14(15(34)6-31)28-22(23)24/h7,9-15,18-19,25,34H,3-6,8H2,1-2H3,(H,27,35)(H4,23,24,28)/t10-,11+,12-,13-,14+,15+,18+,19+/m0/s1. The molecule has 0 aromatic carbocycles. The SMILES string of the molecule is C[C@@H](NC(=O)Cn1cnnn1)[C@H]1C(=O)N2C=C(S[C@@H]3CN[C@H](C(=O)N4C[C@@H](O)[C@H](N=C(N)N)C4)C3)[C@H](C)[C@H]12. The van der Waals surface area contributed by atoms with Crippen molar-refractivity contribution >= 4 is 35.4 Å². The quantitative estimate of drug-likeness (QED) is 0.124. The maximum atomic E-state index is 13.1. The van der Waals surface area contributed by atoms with Crippen LogP contribution < -0.4 is 22.1 Å². The van der Waals surface area contributed by atoms with Crippen molar-refractivity contribution in [2.45, 2.75) is 62.3 Å². The lowest BCUT2D eigenvalue weighted by atomic mass is 9.78. The number of rotatable bonds is 8. The van der Waals surface area contributed by atoms with Gasteiger partial charge in [-0.2, -0.15) is 0 Å². The third-order valence-corrected chi connectivity index (χ3v) is 9.10. The first-order valence-corrected chi connectivity index (χ1v) is 13.5. The number of β-lactam (4-membered cyclic amide) rings is 1. The van der Waals surface area contributed by atoms with Crippen molar-refractivity contribution in [3.05, 3.63) is 17.4 Å². The first-order chi connectivity index (χ1) is 18.1. The van der Waals surface area contributed by atoms with Crippen molar-refractivity contribution in [1.82, 2.24) is 40.6 Å². The van der Waals surface area contributed by atoms with E-state index in [4.69, 9.17) is 11.5 Å². The Bertz CT molecular complexity index is 1140. The molecule has 16 heteroatoms. The summed E-state index contributed by atoms with van der Waals surface area (Å²) < 4.78 is 1.33. The van der Waals surface area contributed by atoms with Crippen LogP contribution in [0.2, 0.25) is 0 Å². The van der Waals surface area contributed by atoms with Gasteiger partial charge in [0.1, 0.15) is 12.9 Å². The van der Waals surface area contributed by atoms with Crippen molar-refractivity contribution < 1.29 is 19.5 Å². The maximum Gasteiger partial charge on any atom is 0.242 e. The zero-order valence-electron chi connectivity index (χ0n) is 21.2. The molecule has 1 aromatic rings. The van der Waals surface area contributed by atoms with Gasteiger partial charge in [-0.05, 0) is 23.8 Å². The van der Waals surface area contributed by atoms with Crippen molar-refractivity contribution in [2.75, 3.05) is 19.6 Å². The molecule has 7 N–H and O–H groups in total. The molecular formula is C22H33N11O4S. The highest BCUT2D eigenvalue weighted by Gasteiger charge is 2.56. The van der Waals surface area contributed by atoms with Gasteiger partial charge in [-0.15, -0.1) is 16.9 Å². The van der Waals surface area contributed by atoms with Crippen LogP contribution in [0.3, 0.4) is 0 Å². The minimum absolute atomic E-state index is 0.00630. The highest BCUT2D eigenvalue weighted by Crippen LogP contribution is 2.48. The number of likely N-dealkylation sites (tertiary alicyclic amines) is 1. The van der Waals surface area contributed by atoms with E-state index in [2.05, 4.69) is 38.1 Å². The zero-order chi connectivity index (χ0) is 27.1. The van der Waals surface area contributed by atoms with Crippen LogP contribution in [-0.2, 0) is 20.9 Å². The molecule has 0 unspecified atom stereocenters. The smallest absolute Gasteiger partial charge is 0.242 e. The van der Waals surface area contributed by atoms with Crippen LogP contribution in [-0.4, -0.2) is 114 Å². The van der Waals surface area contributed by atoms with Gasteiger partial charge in [0.25, 0.3) is 0 Å². The van der Waals surface area contributed by atoms with E-state index in [0.29, 0.717) is 13.0 Å². The second-order valence-corrected chi connectivity index (χ2v) is 11.7. The van der Waals surface area contributed by atoms with E-state index >= 15 is 0 Å². The maximum absolute atomic E-state index is 13.1. The third-order valence-electron chi connectivity index (χ3n) is 7.66.